The second-order valence-corrected chi connectivity index (χ2v) is 6.71. The molecule has 1 unspecified atom stereocenters. The van der Waals surface area contributed by atoms with Gasteiger partial charge in [0.05, 0.1) is 0 Å². The van der Waals surface area contributed by atoms with Crippen LogP contribution in [0.15, 0.2) is 29.7 Å². The Bertz CT molecular complexity index is 776. The van der Waals surface area contributed by atoms with Gasteiger partial charge in [-0.3, -0.25) is 9.59 Å². The van der Waals surface area contributed by atoms with E-state index in [1.54, 1.807) is 0 Å². The predicted octanol–water partition coefficient (Wildman–Crippen LogP) is 1.02. The largest absolute Gasteiger partial charge is 0.480 e. The van der Waals surface area contributed by atoms with Crippen molar-refractivity contribution in [2.24, 2.45) is 0 Å². The fourth-order valence-corrected chi connectivity index (χ4v) is 3.51. The van der Waals surface area contributed by atoms with Crippen LogP contribution in [0.5, 0.6) is 0 Å². The summed E-state index contributed by atoms with van der Waals surface area (Å²) in [6, 6.07) is 0.594. The lowest BCUT2D eigenvalue weighted by Crippen LogP contribution is -2.40. The molecular formula is C14H15FN2O5S. The lowest BCUT2D eigenvalue weighted by atomic mass is 10.0. The van der Waals surface area contributed by atoms with Crippen LogP contribution in [0, 0.1) is 5.82 Å². The Kier molecular flexibility index (Phi) is 4.81. The molecule has 0 aromatic heterocycles. The standard InChI is InChI=1S/C14H15FN2O5S/c1-2-3-10(14(19)20)17-23(21,22)12-6-8-4-5-13(18)16-11(8)7-9(12)15/h2,6-7,10,17H,1,3-5H2,(H,16,18)(H,19,20). The first kappa shape index (κ1) is 17.1. The molecule has 2 rings (SSSR count). The Labute approximate surface area is 132 Å². The van der Waals surface area contributed by atoms with Gasteiger partial charge in [0.2, 0.25) is 15.9 Å². The first-order valence-corrected chi connectivity index (χ1v) is 8.21. The maximum absolute atomic E-state index is 14.1. The molecule has 1 aliphatic rings. The molecule has 0 radical (unpaired) electrons. The van der Waals surface area contributed by atoms with Crippen molar-refractivity contribution in [1.29, 1.82) is 0 Å². The number of hydrogen-bond donors (Lipinski definition) is 3. The van der Waals surface area contributed by atoms with Crippen molar-refractivity contribution >= 4 is 27.6 Å². The van der Waals surface area contributed by atoms with E-state index in [-0.39, 0.29) is 30.9 Å². The van der Waals surface area contributed by atoms with Gasteiger partial charge in [-0.1, -0.05) is 6.08 Å². The van der Waals surface area contributed by atoms with E-state index in [1.165, 1.54) is 6.08 Å². The zero-order valence-electron chi connectivity index (χ0n) is 12.0. The van der Waals surface area contributed by atoms with Crippen LogP contribution in [-0.2, 0) is 26.0 Å². The molecule has 0 fully saturated rings. The molecule has 1 aromatic rings. The number of rotatable bonds is 6. The summed E-state index contributed by atoms with van der Waals surface area (Å²) in [5.74, 6) is -2.73. The number of anilines is 1. The predicted molar refractivity (Wildman–Crippen MR) is 79.9 cm³/mol. The molecule has 0 spiro atoms. The van der Waals surface area contributed by atoms with Crippen LogP contribution in [0.4, 0.5) is 10.1 Å². The van der Waals surface area contributed by atoms with E-state index in [4.69, 9.17) is 5.11 Å². The van der Waals surface area contributed by atoms with Gasteiger partial charge in [-0.05, 0) is 30.5 Å². The molecule has 0 aliphatic carbocycles. The van der Waals surface area contributed by atoms with Crippen molar-refractivity contribution in [1.82, 2.24) is 4.72 Å². The Morgan fingerprint density at radius 2 is 2.17 bits per heavy atom. The molecule has 7 nitrogen and oxygen atoms in total. The third kappa shape index (κ3) is 3.74. The van der Waals surface area contributed by atoms with Crippen molar-refractivity contribution in [3.8, 4) is 0 Å². The summed E-state index contributed by atoms with van der Waals surface area (Å²) in [7, 11) is -4.37. The van der Waals surface area contributed by atoms with Crippen LogP contribution >= 0.6 is 0 Å². The fourth-order valence-electron chi connectivity index (χ4n) is 2.20. The molecule has 0 saturated heterocycles. The van der Waals surface area contributed by atoms with Crippen LogP contribution in [0.2, 0.25) is 0 Å². The molecule has 1 heterocycles. The van der Waals surface area contributed by atoms with Gasteiger partial charge in [-0.25, -0.2) is 12.8 Å². The molecule has 9 heteroatoms. The third-order valence-corrected chi connectivity index (χ3v) is 4.83. The minimum atomic E-state index is -4.37. The molecular weight excluding hydrogens is 327 g/mol. The maximum Gasteiger partial charge on any atom is 0.322 e. The number of carboxylic acid groups (broad SMARTS) is 1. The quantitative estimate of drug-likeness (QED) is 0.668. The second-order valence-electron chi connectivity index (χ2n) is 5.02. The first-order valence-electron chi connectivity index (χ1n) is 6.73. The van der Waals surface area contributed by atoms with Crippen molar-refractivity contribution in [3.63, 3.8) is 0 Å². The van der Waals surface area contributed by atoms with E-state index < -0.39 is 32.7 Å². The average Bonchev–Trinajstić information content (AvgIpc) is 2.45. The van der Waals surface area contributed by atoms with Gasteiger partial charge in [0.25, 0.3) is 0 Å². The third-order valence-electron chi connectivity index (χ3n) is 3.34. The molecule has 23 heavy (non-hydrogen) atoms. The van der Waals surface area contributed by atoms with E-state index in [0.29, 0.717) is 5.56 Å². The molecule has 0 saturated carbocycles. The van der Waals surface area contributed by atoms with Crippen LogP contribution in [0.3, 0.4) is 0 Å². The number of carbonyl (C=O) groups is 2. The topological polar surface area (TPSA) is 113 Å². The number of sulfonamides is 1. The van der Waals surface area contributed by atoms with Crippen molar-refractivity contribution in [3.05, 3.63) is 36.2 Å². The maximum atomic E-state index is 14.1. The molecule has 0 bridgehead atoms. The summed E-state index contributed by atoms with van der Waals surface area (Å²) in [6.07, 6.45) is 1.55. The molecule has 3 N–H and O–H groups in total. The van der Waals surface area contributed by atoms with Crippen LogP contribution < -0.4 is 10.0 Å². The Morgan fingerprint density at radius 3 is 2.78 bits per heavy atom. The molecule has 124 valence electrons. The Hall–Kier alpha value is -2.26. The summed E-state index contributed by atoms with van der Waals surface area (Å²) < 4.78 is 40.6. The normalized spacial score (nSPS) is 15.4. The minimum Gasteiger partial charge on any atom is -0.480 e. The van der Waals surface area contributed by atoms with E-state index in [0.717, 1.165) is 12.1 Å². The number of carboxylic acids is 1. The summed E-state index contributed by atoms with van der Waals surface area (Å²) in [5.41, 5.74) is 0.695. The SMILES string of the molecule is C=CCC(NS(=O)(=O)c1cc2c(cc1F)NC(=O)CC2)C(=O)O. The van der Waals surface area contributed by atoms with Gasteiger partial charge in [-0.2, -0.15) is 4.72 Å². The monoisotopic (exact) mass is 342 g/mol. The number of fused-ring (bicyclic) bond motifs is 1. The van der Waals surface area contributed by atoms with Gasteiger partial charge in [0.1, 0.15) is 16.8 Å². The lowest BCUT2D eigenvalue weighted by molar-refractivity contribution is -0.138. The number of nitrogens with one attached hydrogen (secondary N) is 2. The van der Waals surface area contributed by atoms with E-state index >= 15 is 0 Å². The summed E-state index contributed by atoms with van der Waals surface area (Å²) in [5, 5.41) is 11.4. The first-order chi connectivity index (χ1) is 10.7. The number of amides is 1. The highest BCUT2D eigenvalue weighted by atomic mass is 32.2. The Balaban J connectivity index is 2.38. The highest BCUT2D eigenvalue weighted by Crippen LogP contribution is 2.28. The molecule has 1 atom stereocenters. The second kappa shape index (κ2) is 6.47. The van der Waals surface area contributed by atoms with Crippen molar-refractivity contribution < 1.29 is 27.5 Å². The minimum absolute atomic E-state index is 0.142. The molecule has 1 aromatic carbocycles. The Morgan fingerprint density at radius 1 is 1.48 bits per heavy atom. The van der Waals surface area contributed by atoms with Gasteiger partial charge >= 0.3 is 5.97 Å². The summed E-state index contributed by atoms with van der Waals surface area (Å²) in [4.78, 5) is 21.7. The summed E-state index contributed by atoms with van der Waals surface area (Å²) >= 11 is 0. The smallest absolute Gasteiger partial charge is 0.322 e. The zero-order chi connectivity index (χ0) is 17.2. The van der Waals surface area contributed by atoms with E-state index in [1.807, 2.05) is 4.72 Å². The number of aryl methyl sites for hydroxylation is 1. The highest BCUT2D eigenvalue weighted by Gasteiger charge is 2.28. The highest BCUT2D eigenvalue weighted by molar-refractivity contribution is 7.89. The lowest BCUT2D eigenvalue weighted by Gasteiger charge is -2.19. The number of benzene rings is 1. The number of aliphatic carboxylic acids is 1. The zero-order valence-corrected chi connectivity index (χ0v) is 12.8. The van der Waals surface area contributed by atoms with Crippen molar-refractivity contribution in [2.75, 3.05) is 5.32 Å². The van der Waals surface area contributed by atoms with Crippen molar-refractivity contribution in [2.45, 2.75) is 30.2 Å². The molecule has 1 amide bonds. The van der Waals surface area contributed by atoms with Gasteiger partial charge < -0.3 is 10.4 Å². The van der Waals surface area contributed by atoms with Crippen LogP contribution in [-0.4, -0.2) is 31.4 Å². The fraction of sp³-hybridized carbons (Fsp3) is 0.286. The average molecular weight is 342 g/mol. The van der Waals surface area contributed by atoms with Gasteiger partial charge in [0, 0.05) is 12.1 Å². The summed E-state index contributed by atoms with van der Waals surface area (Å²) in [6.45, 7) is 3.36. The van der Waals surface area contributed by atoms with Crippen LogP contribution in [0.1, 0.15) is 18.4 Å². The van der Waals surface area contributed by atoms with Crippen LogP contribution in [0.25, 0.3) is 0 Å². The van der Waals surface area contributed by atoms with Gasteiger partial charge in [-0.15, -0.1) is 6.58 Å². The van der Waals surface area contributed by atoms with E-state index in [2.05, 4.69) is 11.9 Å². The van der Waals surface area contributed by atoms with E-state index in [9.17, 15) is 22.4 Å². The number of hydrogen-bond acceptors (Lipinski definition) is 4. The number of carbonyl (C=O) groups excluding carboxylic acids is 1. The van der Waals surface area contributed by atoms with Gasteiger partial charge in [0.15, 0.2) is 0 Å². The number of halogens is 1. The molecule has 1 aliphatic heterocycles.